The zero-order valence-corrected chi connectivity index (χ0v) is 16.1. The molecule has 0 atom stereocenters. The number of nitrogens with one attached hydrogen (secondary N) is 3. The van der Waals surface area contributed by atoms with Gasteiger partial charge in [0, 0.05) is 24.3 Å². The van der Waals surface area contributed by atoms with E-state index < -0.39 is 10.0 Å². The number of benzene rings is 2. The minimum absolute atomic E-state index is 0.188. The Balaban J connectivity index is 2.03. The Morgan fingerprint density at radius 2 is 1.65 bits per heavy atom. The van der Waals surface area contributed by atoms with Crippen LogP contribution in [-0.2, 0) is 10.0 Å². The Bertz CT molecular complexity index is 862. The fourth-order valence-corrected chi connectivity index (χ4v) is 3.47. The monoisotopic (exact) mass is 375 g/mol. The topological polar surface area (TPSA) is 87.3 Å². The van der Waals surface area contributed by atoms with Gasteiger partial charge in [-0.25, -0.2) is 8.42 Å². The maximum absolute atomic E-state index is 12.5. The molecule has 0 radical (unpaired) electrons. The molecule has 140 valence electrons. The van der Waals surface area contributed by atoms with Crippen LogP contribution in [0.4, 0.5) is 5.69 Å². The summed E-state index contributed by atoms with van der Waals surface area (Å²) in [4.78, 5) is 12.2. The quantitative estimate of drug-likeness (QED) is 0.619. The van der Waals surface area contributed by atoms with Gasteiger partial charge in [-0.2, -0.15) is 0 Å². The predicted octanol–water partition coefficient (Wildman–Crippen LogP) is 2.44. The molecule has 0 aliphatic carbocycles. The molecule has 2 aromatic carbocycles. The molecule has 0 aliphatic heterocycles. The summed E-state index contributed by atoms with van der Waals surface area (Å²) in [6.07, 6.45) is 0. The van der Waals surface area contributed by atoms with E-state index in [0.29, 0.717) is 24.3 Å². The second kappa shape index (κ2) is 8.82. The van der Waals surface area contributed by atoms with Crippen molar-refractivity contribution in [3.8, 4) is 0 Å². The molecule has 0 fully saturated rings. The third-order valence-electron chi connectivity index (χ3n) is 4.03. The second-order valence-electron chi connectivity index (χ2n) is 6.04. The van der Waals surface area contributed by atoms with Crippen LogP contribution in [0.2, 0.25) is 0 Å². The van der Waals surface area contributed by atoms with E-state index >= 15 is 0 Å². The van der Waals surface area contributed by atoms with Crippen molar-refractivity contribution < 1.29 is 13.2 Å². The largest absolute Gasteiger partial charge is 0.351 e. The number of aryl methyl sites for hydroxylation is 2. The summed E-state index contributed by atoms with van der Waals surface area (Å²) in [5.74, 6) is -0.188. The first kappa shape index (κ1) is 19.9. The fraction of sp³-hybridized carbons (Fsp3) is 0.316. The van der Waals surface area contributed by atoms with E-state index in [1.54, 1.807) is 42.5 Å². The van der Waals surface area contributed by atoms with Gasteiger partial charge in [0.2, 0.25) is 0 Å². The Kier molecular flexibility index (Phi) is 6.76. The van der Waals surface area contributed by atoms with Crippen molar-refractivity contribution in [1.82, 2.24) is 10.6 Å². The smallest absolute Gasteiger partial charge is 0.261 e. The molecule has 0 bridgehead atoms. The molecule has 6 nitrogen and oxygen atoms in total. The van der Waals surface area contributed by atoms with Gasteiger partial charge in [0.1, 0.15) is 0 Å². The summed E-state index contributed by atoms with van der Waals surface area (Å²) in [6, 6.07) is 11.4. The van der Waals surface area contributed by atoms with Crippen molar-refractivity contribution in [3.05, 3.63) is 59.2 Å². The van der Waals surface area contributed by atoms with E-state index in [0.717, 1.165) is 17.7 Å². The third-order valence-corrected chi connectivity index (χ3v) is 5.40. The minimum atomic E-state index is -3.67. The zero-order chi connectivity index (χ0) is 19.2. The maximum Gasteiger partial charge on any atom is 0.261 e. The standard InChI is InChI=1S/C19H25N3O3S/c1-4-20-11-12-21-19(23)16-6-8-17(9-7-16)22-26(24,25)18-10-5-14(2)15(3)13-18/h5-10,13,20,22H,4,11-12H2,1-3H3,(H,21,23). The molecule has 3 N–H and O–H groups in total. The fourth-order valence-electron chi connectivity index (χ4n) is 2.33. The Morgan fingerprint density at radius 3 is 2.27 bits per heavy atom. The highest BCUT2D eigenvalue weighted by Crippen LogP contribution is 2.19. The van der Waals surface area contributed by atoms with Crippen molar-refractivity contribution >= 4 is 21.6 Å². The van der Waals surface area contributed by atoms with Gasteiger partial charge < -0.3 is 10.6 Å². The van der Waals surface area contributed by atoms with E-state index in [1.807, 2.05) is 20.8 Å². The summed E-state index contributed by atoms with van der Waals surface area (Å²) >= 11 is 0. The van der Waals surface area contributed by atoms with Crippen LogP contribution in [0.1, 0.15) is 28.4 Å². The van der Waals surface area contributed by atoms with E-state index in [-0.39, 0.29) is 10.8 Å². The molecular weight excluding hydrogens is 350 g/mol. The van der Waals surface area contributed by atoms with Gasteiger partial charge in [-0.3, -0.25) is 9.52 Å². The van der Waals surface area contributed by atoms with Gasteiger partial charge in [0.15, 0.2) is 0 Å². The summed E-state index contributed by atoms with van der Waals surface area (Å²) in [5, 5.41) is 5.92. The molecule has 0 aliphatic rings. The highest BCUT2D eigenvalue weighted by molar-refractivity contribution is 7.92. The number of hydrogen-bond donors (Lipinski definition) is 3. The molecule has 0 aromatic heterocycles. The van der Waals surface area contributed by atoms with E-state index in [2.05, 4.69) is 15.4 Å². The van der Waals surface area contributed by atoms with Gasteiger partial charge in [0.25, 0.3) is 15.9 Å². The Hall–Kier alpha value is -2.38. The van der Waals surface area contributed by atoms with Gasteiger partial charge in [-0.1, -0.05) is 13.0 Å². The molecule has 2 aromatic rings. The molecule has 0 unspecified atom stereocenters. The lowest BCUT2D eigenvalue weighted by Crippen LogP contribution is -2.31. The van der Waals surface area contributed by atoms with Crippen molar-refractivity contribution in [2.24, 2.45) is 0 Å². The highest BCUT2D eigenvalue weighted by atomic mass is 32.2. The number of carbonyl (C=O) groups is 1. The molecular formula is C19H25N3O3S. The SMILES string of the molecule is CCNCCNC(=O)c1ccc(NS(=O)(=O)c2ccc(C)c(C)c2)cc1. The summed E-state index contributed by atoms with van der Waals surface area (Å²) < 4.78 is 27.5. The van der Waals surface area contributed by atoms with Crippen LogP contribution >= 0.6 is 0 Å². The molecule has 0 heterocycles. The summed E-state index contributed by atoms with van der Waals surface area (Å²) in [7, 11) is -3.67. The van der Waals surface area contributed by atoms with Crippen molar-refractivity contribution in [2.75, 3.05) is 24.4 Å². The Labute approximate surface area is 155 Å². The van der Waals surface area contributed by atoms with Crippen molar-refractivity contribution in [1.29, 1.82) is 0 Å². The van der Waals surface area contributed by atoms with Gasteiger partial charge in [0.05, 0.1) is 4.90 Å². The third kappa shape index (κ3) is 5.31. The van der Waals surface area contributed by atoms with Crippen molar-refractivity contribution in [2.45, 2.75) is 25.7 Å². The number of anilines is 1. The van der Waals surface area contributed by atoms with Crippen LogP contribution in [0.25, 0.3) is 0 Å². The number of sulfonamides is 1. The van der Waals surface area contributed by atoms with Gasteiger partial charge >= 0.3 is 0 Å². The first-order valence-electron chi connectivity index (χ1n) is 8.52. The van der Waals surface area contributed by atoms with Crippen LogP contribution in [0, 0.1) is 13.8 Å². The number of likely N-dealkylation sites (N-methyl/N-ethyl adjacent to an activating group) is 1. The Morgan fingerprint density at radius 1 is 0.962 bits per heavy atom. The van der Waals surface area contributed by atoms with Crippen LogP contribution in [0.3, 0.4) is 0 Å². The summed E-state index contributed by atoms with van der Waals surface area (Å²) in [6.45, 7) is 7.90. The van der Waals surface area contributed by atoms with E-state index in [9.17, 15) is 13.2 Å². The molecule has 1 amide bonds. The van der Waals surface area contributed by atoms with Gasteiger partial charge in [-0.15, -0.1) is 0 Å². The van der Waals surface area contributed by atoms with E-state index in [4.69, 9.17) is 0 Å². The molecule has 2 rings (SSSR count). The first-order valence-corrected chi connectivity index (χ1v) is 10.0. The lowest BCUT2D eigenvalue weighted by molar-refractivity contribution is 0.0954. The van der Waals surface area contributed by atoms with Crippen LogP contribution in [-0.4, -0.2) is 34.0 Å². The summed E-state index contributed by atoms with van der Waals surface area (Å²) in [5.41, 5.74) is 2.84. The number of rotatable bonds is 8. The first-order chi connectivity index (χ1) is 12.3. The molecule has 26 heavy (non-hydrogen) atoms. The average Bonchev–Trinajstić information content (AvgIpc) is 2.61. The molecule has 0 saturated carbocycles. The van der Waals surface area contributed by atoms with Crippen LogP contribution < -0.4 is 15.4 Å². The van der Waals surface area contributed by atoms with Crippen LogP contribution in [0.5, 0.6) is 0 Å². The highest BCUT2D eigenvalue weighted by Gasteiger charge is 2.15. The zero-order valence-electron chi connectivity index (χ0n) is 15.3. The van der Waals surface area contributed by atoms with E-state index in [1.165, 1.54) is 0 Å². The normalized spacial score (nSPS) is 11.2. The lowest BCUT2D eigenvalue weighted by atomic mass is 10.1. The molecule has 0 spiro atoms. The molecule has 0 saturated heterocycles. The predicted molar refractivity (Wildman–Crippen MR) is 104 cm³/mol. The van der Waals surface area contributed by atoms with Gasteiger partial charge in [-0.05, 0) is 67.9 Å². The lowest BCUT2D eigenvalue weighted by Gasteiger charge is -2.10. The molecule has 7 heteroatoms. The number of amides is 1. The number of carbonyl (C=O) groups excluding carboxylic acids is 1. The minimum Gasteiger partial charge on any atom is -0.351 e. The average molecular weight is 375 g/mol. The van der Waals surface area contributed by atoms with Crippen LogP contribution in [0.15, 0.2) is 47.4 Å². The number of hydrogen-bond acceptors (Lipinski definition) is 4. The second-order valence-corrected chi connectivity index (χ2v) is 7.72. The van der Waals surface area contributed by atoms with Crippen molar-refractivity contribution in [3.63, 3.8) is 0 Å². The maximum atomic E-state index is 12.5.